The fourth-order valence-electron chi connectivity index (χ4n) is 2.89. The van der Waals surface area contributed by atoms with E-state index in [2.05, 4.69) is 5.32 Å². The van der Waals surface area contributed by atoms with Crippen molar-refractivity contribution in [3.63, 3.8) is 0 Å². The first kappa shape index (κ1) is 18.9. The van der Waals surface area contributed by atoms with Crippen molar-refractivity contribution in [2.75, 3.05) is 19.9 Å². The number of aromatic hydroxyl groups is 1. The Morgan fingerprint density at radius 3 is 2.79 bits per heavy atom. The summed E-state index contributed by atoms with van der Waals surface area (Å²) in [6, 6.07) is 11.4. The van der Waals surface area contributed by atoms with Crippen molar-refractivity contribution in [3.8, 4) is 17.2 Å². The Morgan fingerprint density at radius 2 is 1.97 bits per heavy atom. The van der Waals surface area contributed by atoms with Gasteiger partial charge in [0.2, 0.25) is 6.79 Å². The number of rotatable bonds is 5. The second kappa shape index (κ2) is 7.88. The van der Waals surface area contributed by atoms with Crippen LogP contribution in [0.5, 0.6) is 17.2 Å². The van der Waals surface area contributed by atoms with Gasteiger partial charge in [-0.05, 0) is 47.7 Å². The minimum atomic E-state index is -0.481. The van der Waals surface area contributed by atoms with Crippen molar-refractivity contribution in [2.45, 2.75) is 0 Å². The third kappa shape index (κ3) is 3.90. The van der Waals surface area contributed by atoms with E-state index >= 15 is 0 Å². The molecule has 1 fully saturated rings. The molecule has 0 aliphatic carbocycles. The summed E-state index contributed by atoms with van der Waals surface area (Å²) in [5, 5.41) is 11.9. The molecule has 2 N–H and O–H groups in total. The number of benzene rings is 2. The first-order valence-electron chi connectivity index (χ1n) is 8.74. The van der Waals surface area contributed by atoms with Gasteiger partial charge in [0.15, 0.2) is 11.5 Å². The van der Waals surface area contributed by atoms with Gasteiger partial charge in [0.25, 0.3) is 17.1 Å². The van der Waals surface area contributed by atoms with Crippen molar-refractivity contribution in [2.24, 2.45) is 0 Å². The molecule has 2 heterocycles. The number of imide groups is 1. The van der Waals surface area contributed by atoms with Crippen LogP contribution in [0.2, 0.25) is 0 Å². The fourth-order valence-corrected chi connectivity index (χ4v) is 3.75. The van der Waals surface area contributed by atoms with Crippen LogP contribution in [0.3, 0.4) is 0 Å². The smallest absolute Gasteiger partial charge is 0.293 e. The first-order chi connectivity index (χ1) is 14.0. The standard InChI is InChI=1S/C20H16N2O6S/c23-14-4-2-1-3-13(14)18(24)21-7-8-22-19(25)17(29-20(22)26)10-12-5-6-15-16(9-12)28-11-27-15/h1-6,9-10,23H,7-8,11H2,(H,21,24)/b17-10-. The molecule has 0 atom stereocenters. The lowest BCUT2D eigenvalue weighted by atomic mass is 10.2. The van der Waals surface area contributed by atoms with Gasteiger partial charge in [-0.15, -0.1) is 0 Å². The van der Waals surface area contributed by atoms with E-state index in [0.717, 1.165) is 16.7 Å². The van der Waals surface area contributed by atoms with E-state index in [0.29, 0.717) is 22.0 Å². The number of fused-ring (bicyclic) bond motifs is 1. The van der Waals surface area contributed by atoms with Crippen molar-refractivity contribution in [3.05, 3.63) is 58.5 Å². The van der Waals surface area contributed by atoms with Crippen LogP contribution in [0.4, 0.5) is 4.79 Å². The molecule has 0 saturated carbocycles. The van der Waals surface area contributed by atoms with Gasteiger partial charge in [-0.1, -0.05) is 18.2 Å². The lowest BCUT2D eigenvalue weighted by molar-refractivity contribution is -0.122. The quantitative estimate of drug-likeness (QED) is 0.727. The summed E-state index contributed by atoms with van der Waals surface area (Å²) in [7, 11) is 0. The van der Waals surface area contributed by atoms with Crippen molar-refractivity contribution in [1.29, 1.82) is 0 Å². The highest BCUT2D eigenvalue weighted by atomic mass is 32.2. The van der Waals surface area contributed by atoms with Crippen LogP contribution in [0.25, 0.3) is 6.08 Å². The number of carbonyl (C=O) groups excluding carboxylic acids is 3. The highest BCUT2D eigenvalue weighted by Crippen LogP contribution is 2.36. The number of phenolic OH excluding ortho intramolecular Hbond substituents is 1. The van der Waals surface area contributed by atoms with E-state index in [1.807, 2.05) is 0 Å². The molecule has 0 spiro atoms. The summed E-state index contributed by atoms with van der Waals surface area (Å²) >= 11 is 0.841. The average molecular weight is 412 g/mol. The number of amides is 3. The fraction of sp³-hybridized carbons (Fsp3) is 0.150. The predicted octanol–water partition coefficient (Wildman–Crippen LogP) is 2.59. The molecular weight excluding hydrogens is 396 g/mol. The molecule has 0 bridgehead atoms. The van der Waals surface area contributed by atoms with Gasteiger partial charge in [-0.2, -0.15) is 0 Å². The Morgan fingerprint density at radius 1 is 1.17 bits per heavy atom. The second-order valence-electron chi connectivity index (χ2n) is 6.22. The predicted molar refractivity (Wildman–Crippen MR) is 106 cm³/mol. The molecule has 2 aliphatic heterocycles. The summed E-state index contributed by atoms with van der Waals surface area (Å²) in [6.07, 6.45) is 1.62. The molecule has 9 heteroatoms. The topological polar surface area (TPSA) is 105 Å². The van der Waals surface area contributed by atoms with E-state index in [1.165, 1.54) is 12.1 Å². The molecule has 0 unspecified atom stereocenters. The average Bonchev–Trinajstić information content (AvgIpc) is 3.27. The molecule has 29 heavy (non-hydrogen) atoms. The van der Waals surface area contributed by atoms with Crippen molar-refractivity contribution in [1.82, 2.24) is 10.2 Å². The molecule has 2 aromatic rings. The van der Waals surface area contributed by atoms with E-state index in [1.54, 1.807) is 36.4 Å². The zero-order chi connectivity index (χ0) is 20.4. The van der Waals surface area contributed by atoms with Crippen LogP contribution in [0, 0.1) is 0 Å². The number of para-hydroxylation sites is 1. The molecule has 3 amide bonds. The number of nitrogens with one attached hydrogen (secondary N) is 1. The van der Waals surface area contributed by atoms with E-state index in [4.69, 9.17) is 9.47 Å². The molecule has 1 saturated heterocycles. The highest BCUT2D eigenvalue weighted by Gasteiger charge is 2.34. The number of hydrogen-bond acceptors (Lipinski definition) is 7. The zero-order valence-electron chi connectivity index (χ0n) is 15.1. The van der Waals surface area contributed by atoms with E-state index in [-0.39, 0.29) is 31.2 Å². The largest absolute Gasteiger partial charge is 0.507 e. The highest BCUT2D eigenvalue weighted by molar-refractivity contribution is 8.18. The number of phenols is 1. The van der Waals surface area contributed by atoms with Crippen LogP contribution in [0.15, 0.2) is 47.4 Å². The maximum Gasteiger partial charge on any atom is 0.293 e. The van der Waals surface area contributed by atoms with Gasteiger partial charge >= 0.3 is 0 Å². The minimum absolute atomic E-state index is 0.0302. The van der Waals surface area contributed by atoms with Crippen LogP contribution in [-0.4, -0.2) is 46.9 Å². The molecule has 4 rings (SSSR count). The Bertz CT molecular complexity index is 1040. The maximum atomic E-state index is 12.6. The Kier molecular flexibility index (Phi) is 5.13. The number of hydrogen-bond donors (Lipinski definition) is 2. The number of ether oxygens (including phenoxy) is 2. The van der Waals surface area contributed by atoms with Crippen LogP contribution < -0.4 is 14.8 Å². The second-order valence-corrected chi connectivity index (χ2v) is 7.21. The maximum absolute atomic E-state index is 12.6. The summed E-state index contributed by atoms with van der Waals surface area (Å²) < 4.78 is 10.6. The summed E-state index contributed by atoms with van der Waals surface area (Å²) in [6.45, 7) is 0.257. The molecule has 0 radical (unpaired) electrons. The van der Waals surface area contributed by atoms with Gasteiger partial charge < -0.3 is 19.9 Å². The van der Waals surface area contributed by atoms with Crippen molar-refractivity contribution < 1.29 is 29.0 Å². The van der Waals surface area contributed by atoms with Gasteiger partial charge in [0.1, 0.15) is 5.75 Å². The van der Waals surface area contributed by atoms with Gasteiger partial charge in [0, 0.05) is 13.1 Å². The summed E-state index contributed by atoms with van der Waals surface area (Å²) in [5.74, 6) is 0.184. The van der Waals surface area contributed by atoms with Crippen LogP contribution in [-0.2, 0) is 4.79 Å². The first-order valence-corrected chi connectivity index (χ1v) is 9.56. The molecule has 8 nitrogen and oxygen atoms in total. The zero-order valence-corrected chi connectivity index (χ0v) is 15.9. The number of nitrogens with zero attached hydrogens (tertiary/aromatic N) is 1. The molecule has 0 aromatic heterocycles. The SMILES string of the molecule is O=C(NCCN1C(=O)S/C(=C\c2ccc3c(c2)OCO3)C1=O)c1ccccc1O. The summed E-state index contributed by atoms with van der Waals surface area (Å²) in [4.78, 5) is 38.2. The van der Waals surface area contributed by atoms with E-state index in [9.17, 15) is 19.5 Å². The monoisotopic (exact) mass is 412 g/mol. The Hall–Kier alpha value is -3.46. The normalized spacial score (nSPS) is 16.6. The van der Waals surface area contributed by atoms with Crippen molar-refractivity contribution >= 4 is 34.9 Å². The van der Waals surface area contributed by atoms with Gasteiger partial charge in [-0.3, -0.25) is 19.3 Å². The molecule has 2 aliphatic rings. The lowest BCUT2D eigenvalue weighted by Crippen LogP contribution is -2.37. The minimum Gasteiger partial charge on any atom is -0.507 e. The van der Waals surface area contributed by atoms with Gasteiger partial charge in [-0.25, -0.2) is 0 Å². The Labute approximate surface area is 170 Å². The molecule has 148 valence electrons. The third-order valence-corrected chi connectivity index (χ3v) is 5.25. The third-order valence-electron chi connectivity index (χ3n) is 4.34. The van der Waals surface area contributed by atoms with E-state index < -0.39 is 17.1 Å². The van der Waals surface area contributed by atoms with Crippen LogP contribution >= 0.6 is 11.8 Å². The molecule has 2 aromatic carbocycles. The van der Waals surface area contributed by atoms with Gasteiger partial charge in [0.05, 0.1) is 10.5 Å². The number of carbonyl (C=O) groups is 3. The summed E-state index contributed by atoms with van der Waals surface area (Å²) in [5.41, 5.74) is 0.844. The lowest BCUT2D eigenvalue weighted by Gasteiger charge is -2.13. The Balaban J connectivity index is 1.38. The van der Waals surface area contributed by atoms with Crippen LogP contribution in [0.1, 0.15) is 15.9 Å². The molecular formula is C20H16N2O6S. The number of thioether (sulfide) groups is 1.